The Morgan fingerprint density at radius 2 is 2.15 bits per heavy atom. The van der Waals surface area contributed by atoms with Crippen LogP contribution in [0.4, 0.5) is 5.69 Å². The zero-order valence-electron chi connectivity index (χ0n) is 19.3. The monoisotopic (exact) mass is 447 g/mol. The first-order valence-corrected chi connectivity index (χ1v) is 12.0. The molecule has 3 saturated heterocycles. The Bertz CT molecular complexity index is 1270. The molecule has 2 bridgehead atoms. The number of aromatic amines is 2. The maximum Gasteiger partial charge on any atom is 0.243 e. The number of fused-ring (bicyclic) bond motifs is 5. The zero-order valence-corrected chi connectivity index (χ0v) is 19.3. The van der Waals surface area contributed by atoms with Gasteiger partial charge in [0, 0.05) is 37.8 Å². The van der Waals surface area contributed by atoms with Crippen LogP contribution in [0.1, 0.15) is 37.9 Å². The molecule has 9 heteroatoms. The van der Waals surface area contributed by atoms with Gasteiger partial charge in [0.25, 0.3) is 0 Å². The number of imidazole rings is 1. The average molecular weight is 448 g/mol. The fourth-order valence-electron chi connectivity index (χ4n) is 6.10. The van der Waals surface area contributed by atoms with E-state index in [0.717, 1.165) is 61.0 Å². The van der Waals surface area contributed by atoms with Crippen LogP contribution in [-0.2, 0) is 22.4 Å². The lowest BCUT2D eigenvalue weighted by atomic mass is 9.88. The summed E-state index contributed by atoms with van der Waals surface area (Å²) in [4.78, 5) is 29.8. The fourth-order valence-corrected chi connectivity index (χ4v) is 6.10. The second-order valence-electron chi connectivity index (χ2n) is 10.8. The van der Waals surface area contributed by atoms with Gasteiger partial charge in [-0.15, -0.1) is 0 Å². The molecule has 2 aliphatic carbocycles. The highest BCUT2D eigenvalue weighted by Gasteiger charge is 2.53. The van der Waals surface area contributed by atoms with Gasteiger partial charge in [-0.25, -0.2) is 9.97 Å². The van der Waals surface area contributed by atoms with Gasteiger partial charge in [-0.3, -0.25) is 14.8 Å². The lowest BCUT2D eigenvalue weighted by molar-refractivity contribution is -0.187. The molecule has 0 radical (unpaired) electrons. The molecule has 2 N–H and O–H groups in total. The summed E-state index contributed by atoms with van der Waals surface area (Å²) >= 11 is 0. The number of morpholine rings is 1. The van der Waals surface area contributed by atoms with Crippen molar-refractivity contribution in [3.05, 3.63) is 23.5 Å². The van der Waals surface area contributed by atoms with E-state index in [1.165, 1.54) is 17.7 Å². The van der Waals surface area contributed by atoms with E-state index in [-0.39, 0.29) is 24.2 Å². The summed E-state index contributed by atoms with van der Waals surface area (Å²) in [5.41, 5.74) is 6.09. The maximum absolute atomic E-state index is 13.2. The minimum atomic E-state index is -0.196. The van der Waals surface area contributed by atoms with Crippen molar-refractivity contribution in [3.8, 4) is 11.5 Å². The lowest BCUT2D eigenvalue weighted by Crippen LogP contribution is -2.61. The van der Waals surface area contributed by atoms with Crippen LogP contribution in [0.25, 0.3) is 22.7 Å². The van der Waals surface area contributed by atoms with Crippen LogP contribution < -0.4 is 4.90 Å². The van der Waals surface area contributed by atoms with Crippen LogP contribution in [0.3, 0.4) is 0 Å². The number of carbonyl (C=O) groups excluding carboxylic acids is 1. The number of pyridine rings is 1. The summed E-state index contributed by atoms with van der Waals surface area (Å²) in [6.07, 6.45) is 6.85. The van der Waals surface area contributed by atoms with Crippen molar-refractivity contribution in [3.63, 3.8) is 0 Å². The Balaban J connectivity index is 1.14. The summed E-state index contributed by atoms with van der Waals surface area (Å²) in [7, 11) is 1.81. The normalized spacial score (nSPS) is 30.9. The number of aromatic nitrogens is 5. The molecular formula is C24H29N7O2. The molecule has 1 saturated carbocycles. The van der Waals surface area contributed by atoms with Crippen molar-refractivity contribution in [2.75, 3.05) is 25.0 Å². The quantitative estimate of drug-likeness (QED) is 0.636. The fraction of sp³-hybridized carbons (Fsp3) is 0.583. The number of likely N-dealkylation sites (N-methyl/N-ethyl adjacent to an activating group) is 1. The Morgan fingerprint density at radius 3 is 2.94 bits per heavy atom. The number of ether oxygens (including phenoxy) is 1. The molecule has 8 rings (SSSR count). The standard InChI is InChI=1S/C24H29N7O2/c1-12(31-10-15-6-16(11-31)33-15)23(32)30(3)14-5-18-21(25-9-14)27-22(26-18)20-17-4-13-7-24(13,2)8-19(17)28-29-20/h5,9,12-13,15-16H,4,6-8,10-11H2,1-3H3,(H,28,29)(H,25,26,27)/t12-,13+,15?,16?,24+/m0/s1. The predicted octanol–water partition coefficient (Wildman–Crippen LogP) is 2.30. The molecule has 3 aliphatic heterocycles. The van der Waals surface area contributed by atoms with Gasteiger partial charge in [0.05, 0.1) is 30.1 Å². The SMILES string of the molecule is C[C@@H](C(=O)N(C)c1cnc2[nH]c(-c3n[nH]c4c3C[C@@H]3C[C@]3(C)C4)nc2c1)N1CC2CC(C1)O2. The van der Waals surface area contributed by atoms with Crippen molar-refractivity contribution in [2.45, 2.75) is 57.8 Å². The van der Waals surface area contributed by atoms with Gasteiger partial charge in [0.2, 0.25) is 5.91 Å². The molecule has 3 aromatic heterocycles. The number of nitrogens with zero attached hydrogens (tertiary/aromatic N) is 5. The molecule has 4 fully saturated rings. The van der Waals surface area contributed by atoms with Gasteiger partial charge in [-0.05, 0) is 43.6 Å². The van der Waals surface area contributed by atoms with Crippen LogP contribution in [0.15, 0.2) is 12.3 Å². The van der Waals surface area contributed by atoms with Crippen LogP contribution >= 0.6 is 0 Å². The summed E-state index contributed by atoms with van der Waals surface area (Å²) in [5.74, 6) is 1.56. The van der Waals surface area contributed by atoms with Crippen molar-refractivity contribution in [2.24, 2.45) is 11.3 Å². The number of anilines is 1. The minimum Gasteiger partial charge on any atom is -0.372 e. The van der Waals surface area contributed by atoms with Crippen molar-refractivity contribution < 1.29 is 9.53 Å². The van der Waals surface area contributed by atoms with Crippen molar-refractivity contribution >= 4 is 22.8 Å². The average Bonchev–Trinajstić information content (AvgIpc) is 3.09. The zero-order chi connectivity index (χ0) is 22.5. The number of hydrogen-bond acceptors (Lipinski definition) is 6. The molecule has 1 amide bonds. The van der Waals surface area contributed by atoms with Crippen LogP contribution in [0.2, 0.25) is 0 Å². The molecule has 172 valence electrons. The molecule has 6 heterocycles. The second-order valence-corrected chi connectivity index (χ2v) is 10.8. The number of hydrogen-bond donors (Lipinski definition) is 2. The molecule has 0 spiro atoms. The summed E-state index contributed by atoms with van der Waals surface area (Å²) in [5, 5.41) is 7.84. The van der Waals surface area contributed by atoms with E-state index < -0.39 is 0 Å². The molecule has 9 nitrogen and oxygen atoms in total. The number of carbonyl (C=O) groups is 1. The largest absolute Gasteiger partial charge is 0.372 e. The molecular weight excluding hydrogens is 418 g/mol. The first-order chi connectivity index (χ1) is 15.9. The summed E-state index contributed by atoms with van der Waals surface area (Å²) < 4.78 is 5.71. The van der Waals surface area contributed by atoms with E-state index in [1.807, 2.05) is 20.0 Å². The molecule has 5 atom stereocenters. The first kappa shape index (κ1) is 19.7. The Hall–Kier alpha value is -2.78. The van der Waals surface area contributed by atoms with Gasteiger partial charge < -0.3 is 14.6 Å². The first-order valence-electron chi connectivity index (χ1n) is 12.0. The second kappa shape index (κ2) is 6.64. The highest BCUT2D eigenvalue weighted by molar-refractivity contribution is 5.97. The van der Waals surface area contributed by atoms with Crippen LogP contribution in [0.5, 0.6) is 0 Å². The van der Waals surface area contributed by atoms with Gasteiger partial charge >= 0.3 is 0 Å². The summed E-state index contributed by atoms with van der Waals surface area (Å²) in [6, 6.07) is 1.74. The van der Waals surface area contributed by atoms with Gasteiger partial charge in [-0.2, -0.15) is 5.10 Å². The third-order valence-corrected chi connectivity index (χ3v) is 8.48. The smallest absolute Gasteiger partial charge is 0.243 e. The maximum atomic E-state index is 13.2. The van der Waals surface area contributed by atoms with Crippen molar-refractivity contribution in [1.82, 2.24) is 30.0 Å². The topological polar surface area (TPSA) is 103 Å². The Morgan fingerprint density at radius 1 is 1.36 bits per heavy atom. The molecule has 5 aliphatic rings. The van der Waals surface area contributed by atoms with Crippen LogP contribution in [-0.4, -0.2) is 74.3 Å². The third kappa shape index (κ3) is 2.98. The van der Waals surface area contributed by atoms with E-state index >= 15 is 0 Å². The van der Waals surface area contributed by atoms with Crippen molar-refractivity contribution in [1.29, 1.82) is 0 Å². The van der Waals surface area contributed by atoms with Gasteiger partial charge in [-0.1, -0.05) is 6.92 Å². The molecule has 2 unspecified atom stereocenters. The lowest BCUT2D eigenvalue weighted by Gasteiger charge is -2.48. The number of H-pyrrole nitrogens is 2. The van der Waals surface area contributed by atoms with Gasteiger partial charge in [0.15, 0.2) is 11.5 Å². The van der Waals surface area contributed by atoms with E-state index in [4.69, 9.17) is 9.72 Å². The number of nitrogens with one attached hydrogen (secondary N) is 2. The van der Waals surface area contributed by atoms with E-state index in [9.17, 15) is 4.79 Å². The van der Waals surface area contributed by atoms with Crippen LogP contribution in [0, 0.1) is 11.3 Å². The molecule has 3 aromatic rings. The highest BCUT2D eigenvalue weighted by Crippen LogP contribution is 2.59. The number of piperidine rings is 1. The number of rotatable bonds is 4. The highest BCUT2D eigenvalue weighted by atomic mass is 16.5. The predicted molar refractivity (Wildman–Crippen MR) is 123 cm³/mol. The van der Waals surface area contributed by atoms with Gasteiger partial charge in [0.1, 0.15) is 11.2 Å². The Labute approximate surface area is 191 Å². The third-order valence-electron chi connectivity index (χ3n) is 8.48. The van der Waals surface area contributed by atoms with E-state index in [2.05, 4.69) is 32.0 Å². The minimum absolute atomic E-state index is 0.0575. The Kier molecular flexibility index (Phi) is 3.95. The van der Waals surface area contributed by atoms with E-state index in [0.29, 0.717) is 11.1 Å². The molecule has 0 aromatic carbocycles. The number of amides is 1. The summed E-state index contributed by atoms with van der Waals surface area (Å²) in [6.45, 7) is 6.00. The van der Waals surface area contributed by atoms with E-state index in [1.54, 1.807) is 11.1 Å². The molecule has 33 heavy (non-hydrogen) atoms.